The minimum Gasteiger partial charge on any atom is -0.468 e. The average molecular weight is 418 g/mol. The van der Waals surface area contributed by atoms with E-state index in [0.717, 1.165) is 30.6 Å². The SMILES string of the molecule is CCCCc1ccc(N2C(=O)C(SCc3ccco3)=C(c3ccccc3)C2=O)cc1. The Bertz CT molecular complexity index is 1050. The minimum absolute atomic E-state index is 0.281. The Morgan fingerprint density at radius 1 is 0.900 bits per heavy atom. The number of furan rings is 1. The highest BCUT2D eigenvalue weighted by atomic mass is 32.2. The van der Waals surface area contributed by atoms with Gasteiger partial charge in [-0.3, -0.25) is 9.59 Å². The van der Waals surface area contributed by atoms with E-state index in [2.05, 4.69) is 6.92 Å². The summed E-state index contributed by atoms with van der Waals surface area (Å²) in [6, 6.07) is 20.8. The van der Waals surface area contributed by atoms with Crippen LogP contribution in [-0.2, 0) is 21.8 Å². The number of rotatable bonds is 8. The molecule has 0 atom stereocenters. The van der Waals surface area contributed by atoms with Gasteiger partial charge in [0.2, 0.25) is 0 Å². The molecule has 2 amide bonds. The maximum Gasteiger partial charge on any atom is 0.272 e. The van der Waals surface area contributed by atoms with Crippen LogP contribution < -0.4 is 4.90 Å². The first-order valence-electron chi connectivity index (χ1n) is 10.1. The van der Waals surface area contributed by atoms with Gasteiger partial charge in [0, 0.05) is 0 Å². The van der Waals surface area contributed by atoms with Crippen LogP contribution in [0.2, 0.25) is 0 Å². The van der Waals surface area contributed by atoms with E-state index in [9.17, 15) is 9.59 Å². The van der Waals surface area contributed by atoms with E-state index in [1.807, 2.05) is 66.7 Å². The van der Waals surface area contributed by atoms with Gasteiger partial charge in [-0.25, -0.2) is 4.90 Å². The molecule has 2 heterocycles. The Morgan fingerprint density at radius 2 is 1.67 bits per heavy atom. The van der Waals surface area contributed by atoms with Crippen molar-refractivity contribution in [3.05, 3.63) is 94.8 Å². The van der Waals surface area contributed by atoms with Gasteiger partial charge in [0.15, 0.2) is 0 Å². The van der Waals surface area contributed by atoms with Gasteiger partial charge in [0.05, 0.1) is 28.2 Å². The largest absolute Gasteiger partial charge is 0.468 e. The van der Waals surface area contributed by atoms with Crippen molar-refractivity contribution in [2.75, 3.05) is 4.90 Å². The van der Waals surface area contributed by atoms with Crippen molar-refractivity contribution in [2.45, 2.75) is 31.9 Å². The highest BCUT2D eigenvalue weighted by molar-refractivity contribution is 8.03. The number of carbonyl (C=O) groups excluding carboxylic acids is 2. The maximum atomic E-state index is 13.4. The zero-order valence-corrected chi connectivity index (χ0v) is 17.7. The molecule has 0 radical (unpaired) electrons. The van der Waals surface area contributed by atoms with Gasteiger partial charge < -0.3 is 4.42 Å². The first-order chi connectivity index (χ1) is 14.7. The molecule has 2 aromatic carbocycles. The molecular formula is C25H23NO3S. The third-order valence-electron chi connectivity index (χ3n) is 5.06. The lowest BCUT2D eigenvalue weighted by Crippen LogP contribution is -2.31. The summed E-state index contributed by atoms with van der Waals surface area (Å²) in [4.78, 5) is 28.4. The van der Waals surface area contributed by atoms with Crippen molar-refractivity contribution in [3.8, 4) is 0 Å². The molecule has 0 N–H and O–H groups in total. The highest BCUT2D eigenvalue weighted by Gasteiger charge is 2.40. The van der Waals surface area contributed by atoms with Crippen molar-refractivity contribution in [2.24, 2.45) is 0 Å². The first-order valence-corrected chi connectivity index (χ1v) is 11.1. The molecule has 4 rings (SSSR count). The summed E-state index contributed by atoms with van der Waals surface area (Å²) in [7, 11) is 0. The summed E-state index contributed by atoms with van der Waals surface area (Å²) >= 11 is 1.34. The predicted octanol–water partition coefficient (Wildman–Crippen LogP) is 5.84. The molecule has 0 unspecified atom stereocenters. The number of thioether (sulfide) groups is 1. The average Bonchev–Trinajstić information content (AvgIpc) is 3.38. The number of carbonyl (C=O) groups is 2. The molecule has 3 aromatic rings. The Morgan fingerprint density at radius 3 is 2.33 bits per heavy atom. The number of imide groups is 1. The topological polar surface area (TPSA) is 50.5 Å². The van der Waals surface area contributed by atoms with Crippen LogP contribution in [0.15, 0.2) is 82.3 Å². The Kier molecular flexibility index (Phi) is 6.19. The van der Waals surface area contributed by atoms with E-state index in [4.69, 9.17) is 4.42 Å². The van der Waals surface area contributed by atoms with Crippen LogP contribution in [0.1, 0.15) is 36.7 Å². The number of amides is 2. The Labute approximate surface area is 180 Å². The molecule has 0 spiro atoms. The third kappa shape index (κ3) is 4.12. The smallest absolute Gasteiger partial charge is 0.272 e. The number of hydrogen-bond acceptors (Lipinski definition) is 4. The summed E-state index contributed by atoms with van der Waals surface area (Å²) in [5.74, 6) is 0.687. The Hall–Kier alpha value is -3.05. The van der Waals surface area contributed by atoms with Crippen LogP contribution in [0.3, 0.4) is 0 Å². The van der Waals surface area contributed by atoms with Crippen LogP contribution >= 0.6 is 11.8 Å². The van der Waals surface area contributed by atoms with Crippen molar-refractivity contribution < 1.29 is 14.0 Å². The van der Waals surface area contributed by atoms with E-state index in [1.165, 1.54) is 22.2 Å². The van der Waals surface area contributed by atoms with Gasteiger partial charge in [-0.05, 0) is 48.2 Å². The van der Waals surface area contributed by atoms with Gasteiger partial charge in [0.1, 0.15) is 5.76 Å². The molecular weight excluding hydrogens is 394 g/mol. The second-order valence-corrected chi connectivity index (χ2v) is 8.14. The summed E-state index contributed by atoms with van der Waals surface area (Å²) < 4.78 is 5.40. The molecule has 5 heteroatoms. The standard InChI is InChI=1S/C25H23NO3S/c1-2-3-8-18-12-14-20(15-13-18)26-24(27)22(19-9-5-4-6-10-19)23(25(26)28)30-17-21-11-7-16-29-21/h4-7,9-16H,2-3,8,17H2,1H3. The summed E-state index contributed by atoms with van der Waals surface area (Å²) in [5, 5.41) is 0. The number of hydrogen-bond donors (Lipinski definition) is 0. The van der Waals surface area contributed by atoms with Crippen LogP contribution in [0.5, 0.6) is 0 Å². The molecule has 4 nitrogen and oxygen atoms in total. The molecule has 1 aliphatic rings. The zero-order valence-electron chi connectivity index (χ0n) is 16.8. The summed E-state index contributed by atoms with van der Waals surface area (Å²) in [6.45, 7) is 2.16. The molecule has 0 saturated carbocycles. The van der Waals surface area contributed by atoms with Crippen molar-refractivity contribution in [3.63, 3.8) is 0 Å². The number of unbranched alkanes of at least 4 members (excludes halogenated alkanes) is 1. The van der Waals surface area contributed by atoms with Crippen LogP contribution in [0.25, 0.3) is 5.57 Å². The van der Waals surface area contributed by atoms with Crippen LogP contribution in [0, 0.1) is 0 Å². The van der Waals surface area contributed by atoms with E-state index >= 15 is 0 Å². The van der Waals surface area contributed by atoms with Gasteiger partial charge in [-0.1, -0.05) is 55.8 Å². The molecule has 1 aliphatic heterocycles. The van der Waals surface area contributed by atoms with Crippen molar-refractivity contribution in [1.82, 2.24) is 0 Å². The summed E-state index contributed by atoms with van der Waals surface area (Å²) in [5.41, 5.74) is 3.02. The lowest BCUT2D eigenvalue weighted by molar-refractivity contribution is -0.119. The van der Waals surface area contributed by atoms with E-state index in [-0.39, 0.29) is 11.8 Å². The molecule has 0 saturated heterocycles. The van der Waals surface area contributed by atoms with E-state index in [1.54, 1.807) is 6.26 Å². The number of nitrogens with zero attached hydrogens (tertiary/aromatic N) is 1. The van der Waals surface area contributed by atoms with Gasteiger partial charge in [-0.2, -0.15) is 0 Å². The van der Waals surface area contributed by atoms with E-state index in [0.29, 0.717) is 21.9 Å². The number of aryl methyl sites for hydroxylation is 1. The molecule has 0 bridgehead atoms. The third-order valence-corrected chi connectivity index (χ3v) is 6.15. The minimum atomic E-state index is -0.283. The van der Waals surface area contributed by atoms with Gasteiger partial charge >= 0.3 is 0 Å². The Balaban J connectivity index is 1.65. The summed E-state index contributed by atoms with van der Waals surface area (Å²) in [6.07, 6.45) is 4.85. The second kappa shape index (κ2) is 9.18. The van der Waals surface area contributed by atoms with Crippen LogP contribution in [0.4, 0.5) is 5.69 Å². The van der Waals surface area contributed by atoms with E-state index < -0.39 is 0 Å². The second-order valence-electron chi connectivity index (χ2n) is 7.15. The monoisotopic (exact) mass is 417 g/mol. The number of benzene rings is 2. The van der Waals surface area contributed by atoms with Crippen molar-refractivity contribution >= 4 is 34.8 Å². The predicted molar refractivity (Wildman–Crippen MR) is 121 cm³/mol. The van der Waals surface area contributed by atoms with Gasteiger partial charge in [-0.15, -0.1) is 11.8 Å². The fourth-order valence-electron chi connectivity index (χ4n) is 3.47. The zero-order chi connectivity index (χ0) is 20.9. The molecule has 30 heavy (non-hydrogen) atoms. The van der Waals surface area contributed by atoms with Crippen LogP contribution in [-0.4, -0.2) is 11.8 Å². The molecule has 0 aliphatic carbocycles. The lowest BCUT2D eigenvalue weighted by atomic mass is 10.1. The fourth-order valence-corrected chi connectivity index (χ4v) is 4.48. The fraction of sp³-hybridized carbons (Fsp3) is 0.200. The van der Waals surface area contributed by atoms with Gasteiger partial charge in [0.25, 0.3) is 11.8 Å². The van der Waals surface area contributed by atoms with Crippen molar-refractivity contribution in [1.29, 1.82) is 0 Å². The molecule has 152 valence electrons. The quantitative estimate of drug-likeness (QED) is 0.432. The normalized spacial score (nSPS) is 14.1. The first kappa shape index (κ1) is 20.2. The highest BCUT2D eigenvalue weighted by Crippen LogP contribution is 2.39. The molecule has 0 fully saturated rings. The molecule has 1 aromatic heterocycles. The lowest BCUT2D eigenvalue weighted by Gasteiger charge is -2.16. The number of anilines is 1. The maximum absolute atomic E-state index is 13.4.